The van der Waals surface area contributed by atoms with Crippen molar-refractivity contribution >= 4 is 24.2 Å². The molecule has 1 N–H and O–H groups in total. The van der Waals surface area contributed by atoms with Crippen LogP contribution in [-0.4, -0.2) is 50.6 Å². The second kappa shape index (κ2) is 15.8. The highest BCUT2D eigenvalue weighted by Gasteiger charge is 2.24. The lowest BCUT2D eigenvalue weighted by atomic mass is 9.98. The van der Waals surface area contributed by atoms with E-state index < -0.39 is 12.2 Å². The molecule has 3 amide bonds. The quantitative estimate of drug-likeness (QED) is 0.424. The number of hydrogen-bond acceptors (Lipinski definition) is 7. The summed E-state index contributed by atoms with van der Waals surface area (Å²) in [5.41, 5.74) is 2.23. The molecule has 38 heavy (non-hydrogen) atoms. The Morgan fingerprint density at radius 3 is 2.13 bits per heavy atom. The van der Waals surface area contributed by atoms with Crippen LogP contribution in [0.3, 0.4) is 0 Å². The number of carbonyl (C=O) groups excluding carboxylic acids is 3. The third kappa shape index (κ3) is 11.2. The lowest BCUT2D eigenvalue weighted by molar-refractivity contribution is -0.119. The maximum atomic E-state index is 11.4. The summed E-state index contributed by atoms with van der Waals surface area (Å²) in [6, 6.07) is 16.0. The van der Waals surface area contributed by atoms with Crippen LogP contribution in [0.4, 0.5) is 9.59 Å². The molecule has 1 fully saturated rings. The van der Waals surface area contributed by atoms with E-state index in [9.17, 15) is 14.4 Å². The van der Waals surface area contributed by atoms with Gasteiger partial charge in [0.1, 0.15) is 6.61 Å². The predicted molar refractivity (Wildman–Crippen MR) is 142 cm³/mol. The van der Waals surface area contributed by atoms with Crippen LogP contribution in [0.5, 0.6) is 11.5 Å². The van der Waals surface area contributed by atoms with Gasteiger partial charge < -0.3 is 24.3 Å². The Balaban J connectivity index is 0.000000312. The Hall–Kier alpha value is -4.21. The predicted octanol–water partition coefficient (Wildman–Crippen LogP) is 5.92. The monoisotopic (exact) mass is 525 g/mol. The second-order valence-corrected chi connectivity index (χ2v) is 8.80. The van der Waals surface area contributed by atoms with Crippen molar-refractivity contribution in [1.82, 2.24) is 5.32 Å². The fourth-order valence-electron chi connectivity index (χ4n) is 3.32. The third-order valence-corrected chi connectivity index (χ3v) is 4.97. The lowest BCUT2D eigenvalue weighted by Crippen LogP contribution is -2.13. The van der Waals surface area contributed by atoms with E-state index >= 15 is 0 Å². The number of rotatable bonds is 8. The summed E-state index contributed by atoms with van der Waals surface area (Å²) in [4.78, 5) is 32.9. The summed E-state index contributed by atoms with van der Waals surface area (Å²) in [6.07, 6.45) is 2.14. The molecular formula is C28H35N3O7. The van der Waals surface area contributed by atoms with Crippen LogP contribution in [0.1, 0.15) is 51.2 Å². The van der Waals surface area contributed by atoms with E-state index in [1.807, 2.05) is 60.7 Å². The summed E-state index contributed by atoms with van der Waals surface area (Å²) in [6.45, 7) is 7.80. The van der Waals surface area contributed by atoms with E-state index in [1.54, 1.807) is 34.8 Å². The van der Waals surface area contributed by atoms with Gasteiger partial charge in [0.2, 0.25) is 5.91 Å². The zero-order valence-electron chi connectivity index (χ0n) is 22.4. The maximum absolute atomic E-state index is 11.4. The summed E-state index contributed by atoms with van der Waals surface area (Å²) in [7, 11) is 1.63. The Bertz CT molecular complexity index is 1090. The van der Waals surface area contributed by atoms with E-state index in [-0.39, 0.29) is 24.0 Å². The SMILES string of the molecule is CC(C)OC(=O)N=NC(=O)OC(C)C.COc1ccc(C2CNC(=O)C2)cc1OCC=Cc1ccccc1. The van der Waals surface area contributed by atoms with Gasteiger partial charge in [-0.05, 0) is 57.0 Å². The van der Waals surface area contributed by atoms with Crippen LogP contribution in [0.2, 0.25) is 0 Å². The topological polar surface area (TPSA) is 125 Å². The van der Waals surface area contributed by atoms with Gasteiger partial charge in [0.15, 0.2) is 11.5 Å². The first-order chi connectivity index (χ1) is 18.2. The number of benzene rings is 2. The van der Waals surface area contributed by atoms with Crippen molar-refractivity contribution in [3.05, 3.63) is 65.7 Å². The van der Waals surface area contributed by atoms with E-state index in [0.29, 0.717) is 31.1 Å². The van der Waals surface area contributed by atoms with E-state index in [0.717, 1.165) is 11.1 Å². The average Bonchev–Trinajstić information content (AvgIpc) is 3.32. The fourth-order valence-corrected chi connectivity index (χ4v) is 3.32. The largest absolute Gasteiger partial charge is 0.493 e. The molecule has 1 atom stereocenters. The summed E-state index contributed by atoms with van der Waals surface area (Å²) in [5, 5.41) is 8.88. The molecule has 0 radical (unpaired) electrons. The molecule has 2 aromatic rings. The van der Waals surface area contributed by atoms with Crippen molar-refractivity contribution in [2.75, 3.05) is 20.3 Å². The van der Waals surface area contributed by atoms with E-state index in [4.69, 9.17) is 9.47 Å². The van der Waals surface area contributed by atoms with Gasteiger partial charge in [0.05, 0.1) is 19.3 Å². The van der Waals surface area contributed by atoms with Gasteiger partial charge >= 0.3 is 12.2 Å². The van der Waals surface area contributed by atoms with Crippen LogP contribution >= 0.6 is 0 Å². The molecule has 2 aromatic carbocycles. The third-order valence-electron chi connectivity index (χ3n) is 4.97. The van der Waals surface area contributed by atoms with Gasteiger partial charge in [-0.3, -0.25) is 4.79 Å². The molecule has 10 nitrogen and oxygen atoms in total. The van der Waals surface area contributed by atoms with Crippen LogP contribution in [0, 0.1) is 0 Å². The van der Waals surface area contributed by atoms with Gasteiger partial charge in [-0.2, -0.15) is 0 Å². The molecule has 1 heterocycles. The smallest absolute Gasteiger partial charge is 0.452 e. The molecule has 204 valence electrons. The highest BCUT2D eigenvalue weighted by atomic mass is 16.6. The van der Waals surface area contributed by atoms with Gasteiger partial charge in [-0.15, -0.1) is 0 Å². The Morgan fingerprint density at radius 2 is 1.61 bits per heavy atom. The van der Waals surface area contributed by atoms with Crippen molar-refractivity contribution in [2.24, 2.45) is 10.2 Å². The first-order valence-corrected chi connectivity index (χ1v) is 12.3. The van der Waals surface area contributed by atoms with Crippen LogP contribution < -0.4 is 14.8 Å². The van der Waals surface area contributed by atoms with Crippen molar-refractivity contribution in [3.8, 4) is 11.5 Å². The highest BCUT2D eigenvalue weighted by Crippen LogP contribution is 2.33. The molecule has 10 heteroatoms. The molecule has 0 aliphatic carbocycles. The van der Waals surface area contributed by atoms with Crippen LogP contribution in [0.25, 0.3) is 6.08 Å². The number of carbonyl (C=O) groups is 3. The maximum Gasteiger partial charge on any atom is 0.452 e. The molecule has 1 aliphatic rings. The minimum absolute atomic E-state index is 0.101. The Kier molecular flexibility index (Phi) is 12.5. The molecule has 0 spiro atoms. The normalized spacial score (nSPS) is 14.8. The zero-order valence-corrected chi connectivity index (χ0v) is 22.4. The molecule has 1 aliphatic heterocycles. The van der Waals surface area contributed by atoms with Crippen molar-refractivity contribution < 1.29 is 33.3 Å². The van der Waals surface area contributed by atoms with Gasteiger partial charge in [0.25, 0.3) is 0 Å². The number of azo groups is 1. The molecule has 3 rings (SSSR count). The van der Waals surface area contributed by atoms with Crippen molar-refractivity contribution in [3.63, 3.8) is 0 Å². The fraction of sp³-hybridized carbons (Fsp3) is 0.393. The van der Waals surface area contributed by atoms with Gasteiger partial charge in [-0.1, -0.05) is 52.7 Å². The minimum Gasteiger partial charge on any atom is -0.493 e. The zero-order chi connectivity index (χ0) is 27.9. The number of methoxy groups -OCH3 is 1. The first-order valence-electron chi connectivity index (χ1n) is 12.3. The van der Waals surface area contributed by atoms with E-state index in [2.05, 4.69) is 25.0 Å². The number of ether oxygens (including phenoxy) is 4. The highest BCUT2D eigenvalue weighted by molar-refractivity contribution is 5.79. The number of hydrogen-bond donors (Lipinski definition) is 1. The van der Waals surface area contributed by atoms with Gasteiger partial charge in [0, 0.05) is 18.9 Å². The minimum atomic E-state index is -0.902. The molecule has 1 saturated heterocycles. The van der Waals surface area contributed by atoms with Gasteiger partial charge in [-0.25, -0.2) is 9.59 Å². The summed E-state index contributed by atoms with van der Waals surface area (Å²) >= 11 is 0. The lowest BCUT2D eigenvalue weighted by Gasteiger charge is -2.13. The average molecular weight is 526 g/mol. The van der Waals surface area contributed by atoms with Crippen molar-refractivity contribution in [2.45, 2.75) is 52.2 Å². The number of amides is 3. The van der Waals surface area contributed by atoms with E-state index in [1.165, 1.54) is 0 Å². The first kappa shape index (κ1) is 30.0. The Morgan fingerprint density at radius 1 is 0.974 bits per heavy atom. The second-order valence-electron chi connectivity index (χ2n) is 8.80. The molecule has 0 saturated carbocycles. The molecule has 1 unspecified atom stereocenters. The standard InChI is InChI=1S/C20H21NO3.C8H14N2O4/c1-23-18-10-9-16(17-13-20(22)21-14-17)12-19(18)24-11-5-8-15-6-3-2-4-7-15;1-5(2)13-7(11)9-10-8(12)14-6(3)4/h2-10,12,17H,11,13-14H2,1H3,(H,21,22);5-6H,1-4H3. The summed E-state index contributed by atoms with van der Waals surface area (Å²) in [5.74, 6) is 1.70. The molecule has 0 aromatic heterocycles. The summed E-state index contributed by atoms with van der Waals surface area (Å²) < 4.78 is 20.4. The Labute approximate surface area is 223 Å². The van der Waals surface area contributed by atoms with Crippen molar-refractivity contribution in [1.29, 1.82) is 0 Å². The number of nitrogens with zero attached hydrogens (tertiary/aromatic N) is 2. The van der Waals surface area contributed by atoms with Crippen LogP contribution in [0.15, 0.2) is 64.8 Å². The van der Waals surface area contributed by atoms with Crippen LogP contribution in [-0.2, 0) is 14.3 Å². The number of nitrogens with one attached hydrogen (secondary N) is 1. The molecular weight excluding hydrogens is 490 g/mol. The molecule has 0 bridgehead atoms.